The van der Waals surface area contributed by atoms with Crippen molar-refractivity contribution in [3.63, 3.8) is 0 Å². The van der Waals surface area contributed by atoms with Crippen LogP contribution in [0.3, 0.4) is 0 Å². The Morgan fingerprint density at radius 1 is 0.962 bits per heavy atom. The van der Waals surface area contributed by atoms with E-state index in [9.17, 15) is 14.9 Å². The zero-order valence-corrected chi connectivity index (χ0v) is 13.6. The van der Waals surface area contributed by atoms with Crippen LogP contribution in [-0.4, -0.2) is 17.0 Å². The number of nitriles is 1. The maximum atomic E-state index is 12.4. The predicted molar refractivity (Wildman–Crippen MR) is 99.6 cm³/mol. The third kappa shape index (κ3) is 3.60. The number of nitrogens with zero attached hydrogens (tertiary/aromatic N) is 1. The highest BCUT2D eigenvalue weighted by molar-refractivity contribution is 6.10. The summed E-state index contributed by atoms with van der Waals surface area (Å²) >= 11 is 0. The van der Waals surface area contributed by atoms with Gasteiger partial charge in [0, 0.05) is 5.69 Å². The van der Waals surface area contributed by atoms with Crippen molar-refractivity contribution in [2.45, 2.75) is 0 Å². The molecule has 0 saturated carbocycles. The van der Waals surface area contributed by atoms with E-state index in [0.29, 0.717) is 5.69 Å². The fourth-order valence-electron chi connectivity index (χ4n) is 2.57. The number of amides is 1. The number of hydrogen-bond acceptors (Lipinski definition) is 3. The second kappa shape index (κ2) is 7.32. The van der Waals surface area contributed by atoms with Crippen molar-refractivity contribution in [1.29, 1.82) is 5.26 Å². The molecule has 0 unspecified atom stereocenters. The first-order chi connectivity index (χ1) is 12.6. The fraction of sp³-hybridized carbons (Fsp3) is 0. The van der Waals surface area contributed by atoms with Gasteiger partial charge in [-0.05, 0) is 46.7 Å². The quantitative estimate of drug-likeness (QED) is 0.552. The van der Waals surface area contributed by atoms with Crippen LogP contribution in [0, 0.1) is 11.3 Å². The van der Waals surface area contributed by atoms with E-state index in [-0.39, 0.29) is 11.1 Å². The summed E-state index contributed by atoms with van der Waals surface area (Å²) in [6.07, 6.45) is 1.54. The molecule has 0 aliphatic carbocycles. The number of carbonyl (C=O) groups is 2. The van der Waals surface area contributed by atoms with Gasteiger partial charge in [0.2, 0.25) is 0 Å². The number of hydrogen-bond donors (Lipinski definition) is 2. The first kappa shape index (κ1) is 16.9. The molecule has 1 amide bonds. The minimum atomic E-state index is -1.04. The lowest BCUT2D eigenvalue weighted by atomic mass is 10.0. The van der Waals surface area contributed by atoms with E-state index in [1.54, 1.807) is 6.08 Å². The van der Waals surface area contributed by atoms with E-state index >= 15 is 0 Å². The van der Waals surface area contributed by atoms with Crippen LogP contribution in [0.1, 0.15) is 15.9 Å². The Morgan fingerprint density at radius 2 is 1.65 bits per heavy atom. The van der Waals surface area contributed by atoms with Crippen molar-refractivity contribution in [1.82, 2.24) is 0 Å². The highest BCUT2D eigenvalue weighted by Gasteiger charge is 2.11. The largest absolute Gasteiger partial charge is 0.478 e. The summed E-state index contributed by atoms with van der Waals surface area (Å²) in [5.41, 5.74) is 1.27. The molecule has 3 rings (SSSR count). The lowest BCUT2D eigenvalue weighted by molar-refractivity contribution is -0.112. The number of carboxylic acid groups (broad SMARTS) is 1. The van der Waals surface area contributed by atoms with Crippen LogP contribution in [0.25, 0.3) is 16.8 Å². The maximum absolute atomic E-state index is 12.4. The zero-order chi connectivity index (χ0) is 18.5. The maximum Gasteiger partial charge on any atom is 0.335 e. The van der Waals surface area contributed by atoms with Crippen LogP contribution in [0.15, 0.2) is 72.3 Å². The minimum Gasteiger partial charge on any atom is -0.478 e. The lowest BCUT2D eigenvalue weighted by Crippen LogP contribution is -2.13. The Morgan fingerprint density at radius 3 is 2.35 bits per heavy atom. The molecule has 0 radical (unpaired) electrons. The second-order valence-electron chi connectivity index (χ2n) is 5.57. The van der Waals surface area contributed by atoms with Gasteiger partial charge < -0.3 is 10.4 Å². The number of anilines is 1. The van der Waals surface area contributed by atoms with E-state index in [4.69, 9.17) is 5.11 Å². The molecular weight excluding hydrogens is 328 g/mol. The van der Waals surface area contributed by atoms with Crippen LogP contribution in [0.2, 0.25) is 0 Å². The molecule has 3 aromatic carbocycles. The number of carbonyl (C=O) groups excluding carboxylic acids is 1. The number of aromatic carboxylic acids is 1. The first-order valence-electron chi connectivity index (χ1n) is 7.83. The normalized spacial score (nSPS) is 11.0. The molecule has 0 spiro atoms. The third-order valence-electron chi connectivity index (χ3n) is 3.88. The van der Waals surface area contributed by atoms with E-state index in [0.717, 1.165) is 16.3 Å². The van der Waals surface area contributed by atoms with Gasteiger partial charge in [0.05, 0.1) is 5.56 Å². The number of rotatable bonds is 4. The van der Waals surface area contributed by atoms with Crippen molar-refractivity contribution in [2.24, 2.45) is 0 Å². The van der Waals surface area contributed by atoms with E-state index < -0.39 is 11.9 Å². The molecule has 0 aromatic heterocycles. The van der Waals surface area contributed by atoms with Crippen molar-refractivity contribution < 1.29 is 14.7 Å². The molecule has 0 aliphatic rings. The molecule has 3 aromatic rings. The average molecular weight is 342 g/mol. The molecule has 2 N–H and O–H groups in total. The van der Waals surface area contributed by atoms with E-state index in [2.05, 4.69) is 5.32 Å². The van der Waals surface area contributed by atoms with Crippen LogP contribution in [0.5, 0.6) is 0 Å². The van der Waals surface area contributed by atoms with E-state index in [1.807, 2.05) is 48.5 Å². The SMILES string of the molecule is N#C/C(=C\c1cccc2ccccc12)C(=O)Nc1ccc(C(=O)O)cc1. The summed E-state index contributed by atoms with van der Waals surface area (Å²) in [6, 6.07) is 21.0. The summed E-state index contributed by atoms with van der Waals surface area (Å²) in [5.74, 6) is -1.60. The van der Waals surface area contributed by atoms with Crippen LogP contribution >= 0.6 is 0 Å². The van der Waals surface area contributed by atoms with Crippen LogP contribution < -0.4 is 5.32 Å². The summed E-state index contributed by atoms with van der Waals surface area (Å²) in [7, 11) is 0. The van der Waals surface area contributed by atoms with E-state index in [1.165, 1.54) is 24.3 Å². The molecule has 0 heterocycles. The Hall–Kier alpha value is -3.91. The van der Waals surface area contributed by atoms with Crippen LogP contribution in [0.4, 0.5) is 5.69 Å². The molecule has 126 valence electrons. The Bertz CT molecular complexity index is 1060. The fourth-order valence-corrected chi connectivity index (χ4v) is 2.57. The molecule has 0 fully saturated rings. The van der Waals surface area contributed by atoms with Gasteiger partial charge in [0.25, 0.3) is 5.91 Å². The molecule has 5 nitrogen and oxygen atoms in total. The van der Waals surface area contributed by atoms with Gasteiger partial charge in [-0.2, -0.15) is 5.26 Å². The van der Waals surface area contributed by atoms with Crippen molar-refractivity contribution in [3.8, 4) is 6.07 Å². The molecule has 0 saturated heterocycles. The molecular formula is C21H14N2O3. The number of benzene rings is 3. The molecule has 0 bridgehead atoms. The molecule has 26 heavy (non-hydrogen) atoms. The third-order valence-corrected chi connectivity index (χ3v) is 3.88. The Kier molecular flexibility index (Phi) is 4.77. The molecule has 5 heteroatoms. The summed E-state index contributed by atoms with van der Waals surface area (Å²) in [4.78, 5) is 23.2. The number of fused-ring (bicyclic) bond motifs is 1. The standard InChI is InChI=1S/C21H14N2O3/c22-13-17(12-16-6-3-5-14-4-1-2-7-19(14)16)20(24)23-18-10-8-15(9-11-18)21(25)26/h1-12H,(H,23,24)(H,25,26)/b17-12+. The monoisotopic (exact) mass is 342 g/mol. The smallest absolute Gasteiger partial charge is 0.335 e. The topological polar surface area (TPSA) is 90.2 Å². The lowest BCUT2D eigenvalue weighted by Gasteiger charge is -2.06. The van der Waals surface area contributed by atoms with Gasteiger partial charge >= 0.3 is 5.97 Å². The second-order valence-corrected chi connectivity index (χ2v) is 5.57. The van der Waals surface area contributed by atoms with Crippen molar-refractivity contribution >= 4 is 34.4 Å². The minimum absolute atomic E-state index is 0.0383. The van der Waals surface area contributed by atoms with Gasteiger partial charge in [-0.1, -0.05) is 42.5 Å². The molecule has 0 atom stereocenters. The van der Waals surface area contributed by atoms with Gasteiger partial charge in [-0.3, -0.25) is 4.79 Å². The van der Waals surface area contributed by atoms with Crippen LogP contribution in [-0.2, 0) is 4.79 Å². The first-order valence-corrected chi connectivity index (χ1v) is 7.83. The highest BCUT2D eigenvalue weighted by Crippen LogP contribution is 2.21. The van der Waals surface area contributed by atoms with Gasteiger partial charge in [-0.15, -0.1) is 0 Å². The average Bonchev–Trinajstić information content (AvgIpc) is 2.66. The molecule has 0 aliphatic heterocycles. The zero-order valence-electron chi connectivity index (χ0n) is 13.6. The van der Waals surface area contributed by atoms with Gasteiger partial charge in [-0.25, -0.2) is 4.79 Å². The summed E-state index contributed by atoms with van der Waals surface area (Å²) in [5, 5.41) is 22.8. The highest BCUT2D eigenvalue weighted by atomic mass is 16.4. The number of carboxylic acids is 1. The summed E-state index contributed by atoms with van der Waals surface area (Å²) in [6.45, 7) is 0. The predicted octanol–water partition coefficient (Wildman–Crippen LogP) is 4.08. The Balaban J connectivity index is 1.88. The van der Waals surface area contributed by atoms with Crippen molar-refractivity contribution in [3.05, 3.63) is 83.4 Å². The summed E-state index contributed by atoms with van der Waals surface area (Å²) < 4.78 is 0. The van der Waals surface area contributed by atoms with Gasteiger partial charge in [0.1, 0.15) is 11.6 Å². The Labute approximate surface area is 149 Å². The van der Waals surface area contributed by atoms with Crippen molar-refractivity contribution in [2.75, 3.05) is 5.32 Å². The van der Waals surface area contributed by atoms with Gasteiger partial charge in [0.15, 0.2) is 0 Å². The number of nitrogens with one attached hydrogen (secondary N) is 1.